The molecule has 0 saturated carbocycles. The van der Waals surface area contributed by atoms with E-state index in [-0.39, 0.29) is 17.4 Å². The van der Waals surface area contributed by atoms with Gasteiger partial charge in [0.15, 0.2) is 9.84 Å². The third-order valence-corrected chi connectivity index (χ3v) is 7.95. The van der Waals surface area contributed by atoms with Crippen LogP contribution in [0.15, 0.2) is 70.7 Å². The number of hydrogen-bond donors (Lipinski definition) is 1. The minimum atomic E-state index is -3.42. The second-order valence-corrected chi connectivity index (χ2v) is 9.87. The fraction of sp³-hybridized carbons (Fsp3) is 0.238. The summed E-state index contributed by atoms with van der Waals surface area (Å²) in [5, 5.41) is 7.93. The third kappa shape index (κ3) is 3.50. The van der Waals surface area contributed by atoms with E-state index in [1.807, 2.05) is 0 Å². The number of nitrogens with one attached hydrogen (secondary N) is 1. The largest absolute Gasteiger partial charge is 0.338 e. The highest BCUT2D eigenvalue weighted by Gasteiger charge is 2.33. The maximum absolute atomic E-state index is 12.9. The lowest BCUT2D eigenvalue weighted by atomic mass is 10.1. The first-order chi connectivity index (χ1) is 15.4. The number of amides is 1. The molecule has 164 valence electrons. The minimum Gasteiger partial charge on any atom is -0.338 e. The Labute approximate surface area is 183 Å². The zero-order valence-electron chi connectivity index (χ0n) is 17.0. The lowest BCUT2D eigenvalue weighted by Gasteiger charge is -2.31. The molecule has 0 spiro atoms. The third-order valence-electron chi connectivity index (χ3n) is 5.67. The van der Waals surface area contributed by atoms with Gasteiger partial charge in [0.05, 0.1) is 21.9 Å². The molecule has 11 heteroatoms. The number of aromatic amines is 1. The summed E-state index contributed by atoms with van der Waals surface area (Å²) in [5.74, 6) is -0.0541. The minimum absolute atomic E-state index is 0.186. The summed E-state index contributed by atoms with van der Waals surface area (Å²) in [5.41, 5.74) is 0.431. The van der Waals surface area contributed by atoms with Crippen molar-refractivity contribution in [3.05, 3.63) is 77.0 Å². The van der Waals surface area contributed by atoms with Crippen molar-refractivity contribution < 1.29 is 13.2 Å². The van der Waals surface area contributed by atoms with Crippen LogP contribution in [0.3, 0.4) is 0 Å². The first-order valence-corrected chi connectivity index (χ1v) is 11.7. The van der Waals surface area contributed by atoms with Crippen molar-refractivity contribution in [3.8, 4) is 5.95 Å². The van der Waals surface area contributed by atoms with Gasteiger partial charge < -0.3 is 4.90 Å². The van der Waals surface area contributed by atoms with Crippen LogP contribution in [-0.4, -0.2) is 61.9 Å². The van der Waals surface area contributed by atoms with Crippen molar-refractivity contribution in [2.75, 3.05) is 13.1 Å². The summed E-state index contributed by atoms with van der Waals surface area (Å²) < 4.78 is 28.5. The van der Waals surface area contributed by atoms with Gasteiger partial charge in [0.2, 0.25) is 5.95 Å². The Hall–Kier alpha value is -3.73. The Bertz CT molecular complexity index is 1450. The van der Waals surface area contributed by atoms with Crippen LogP contribution in [0.5, 0.6) is 0 Å². The number of H-pyrrole nitrogens is 1. The maximum Gasteiger partial charge on any atom is 0.276 e. The summed E-state index contributed by atoms with van der Waals surface area (Å²) in [7, 11) is -3.42. The van der Waals surface area contributed by atoms with Crippen LogP contribution in [0, 0.1) is 0 Å². The highest BCUT2D eigenvalue weighted by atomic mass is 32.2. The molecular weight excluding hydrogens is 432 g/mol. The predicted molar refractivity (Wildman–Crippen MR) is 115 cm³/mol. The lowest BCUT2D eigenvalue weighted by molar-refractivity contribution is 0.0725. The zero-order chi connectivity index (χ0) is 22.3. The number of nitrogens with zero attached hydrogens (tertiary/aromatic N) is 5. The highest BCUT2D eigenvalue weighted by Crippen LogP contribution is 2.25. The molecule has 1 saturated heterocycles. The predicted octanol–water partition coefficient (Wildman–Crippen LogP) is 1.29. The second-order valence-electron chi connectivity index (χ2n) is 7.64. The van der Waals surface area contributed by atoms with E-state index in [1.165, 1.54) is 21.6 Å². The number of likely N-dealkylation sites (tertiary alicyclic amines) is 1. The zero-order valence-corrected chi connectivity index (χ0v) is 17.8. The Morgan fingerprint density at radius 3 is 2.56 bits per heavy atom. The van der Waals surface area contributed by atoms with Crippen molar-refractivity contribution in [1.82, 2.24) is 29.3 Å². The van der Waals surface area contributed by atoms with Crippen LogP contribution < -0.4 is 5.56 Å². The van der Waals surface area contributed by atoms with Gasteiger partial charge in [-0.2, -0.15) is 5.10 Å². The molecule has 0 aliphatic carbocycles. The molecule has 1 N–H and O–H groups in total. The first kappa shape index (κ1) is 20.2. The fourth-order valence-electron chi connectivity index (χ4n) is 3.94. The molecule has 1 fully saturated rings. The van der Waals surface area contributed by atoms with Crippen molar-refractivity contribution >= 4 is 21.3 Å². The average molecular weight is 452 g/mol. The molecule has 4 aromatic rings. The maximum atomic E-state index is 12.9. The van der Waals surface area contributed by atoms with Gasteiger partial charge in [-0.1, -0.05) is 18.2 Å². The van der Waals surface area contributed by atoms with Crippen LogP contribution in [0.2, 0.25) is 0 Å². The van der Waals surface area contributed by atoms with Crippen molar-refractivity contribution in [3.63, 3.8) is 0 Å². The number of rotatable bonds is 4. The van der Waals surface area contributed by atoms with E-state index < -0.39 is 15.1 Å². The molecule has 1 aliphatic rings. The van der Waals surface area contributed by atoms with Gasteiger partial charge in [0.25, 0.3) is 11.5 Å². The number of hydrogen-bond acceptors (Lipinski definition) is 6. The van der Waals surface area contributed by atoms with E-state index in [4.69, 9.17) is 0 Å². The highest BCUT2D eigenvalue weighted by molar-refractivity contribution is 7.92. The summed E-state index contributed by atoms with van der Waals surface area (Å²) in [4.78, 5) is 29.7. The summed E-state index contributed by atoms with van der Waals surface area (Å²) in [6, 6.07) is 11.8. The topological polar surface area (TPSA) is 122 Å². The monoisotopic (exact) mass is 452 g/mol. The van der Waals surface area contributed by atoms with Crippen molar-refractivity contribution in [2.45, 2.75) is 23.0 Å². The molecule has 10 nitrogen and oxygen atoms in total. The Balaban J connectivity index is 1.30. The van der Waals surface area contributed by atoms with Crippen molar-refractivity contribution in [2.24, 2.45) is 0 Å². The Kier molecular flexibility index (Phi) is 4.89. The molecule has 0 radical (unpaired) electrons. The van der Waals surface area contributed by atoms with Gasteiger partial charge in [-0.25, -0.2) is 17.6 Å². The van der Waals surface area contributed by atoms with E-state index in [0.717, 1.165) is 0 Å². The first-order valence-electron chi connectivity index (χ1n) is 10.1. The van der Waals surface area contributed by atoms with Gasteiger partial charge in [-0.3, -0.25) is 14.6 Å². The summed E-state index contributed by atoms with van der Waals surface area (Å²) >= 11 is 0. The molecule has 1 amide bonds. The normalized spacial score (nSPS) is 15.3. The number of fused-ring (bicyclic) bond motifs is 1. The van der Waals surface area contributed by atoms with E-state index in [2.05, 4.69) is 15.2 Å². The molecule has 0 bridgehead atoms. The molecule has 0 unspecified atom stereocenters. The molecule has 5 rings (SSSR count). The number of aromatic nitrogens is 5. The number of carbonyl (C=O) groups excluding carboxylic acids is 1. The molecule has 32 heavy (non-hydrogen) atoms. The standard InChI is InChI=1S/C21H20N6O4S/c28-19-18-7-4-10-26(18)24-21(23-19)27-14-15(13-22-27)20(29)25-11-8-17(9-12-25)32(30,31)16-5-2-1-3-6-16/h1-7,10,13-14,17H,8-9,11-12H2,(H,23,24,28). The number of sulfone groups is 1. The summed E-state index contributed by atoms with van der Waals surface area (Å²) in [6.45, 7) is 0.677. The van der Waals surface area contributed by atoms with Crippen LogP contribution in [0.25, 0.3) is 11.5 Å². The van der Waals surface area contributed by atoms with Crippen LogP contribution in [-0.2, 0) is 9.84 Å². The average Bonchev–Trinajstić information content (AvgIpc) is 3.49. The number of piperidine rings is 1. The van der Waals surface area contributed by atoms with Crippen LogP contribution in [0.1, 0.15) is 23.2 Å². The van der Waals surface area contributed by atoms with Crippen molar-refractivity contribution in [1.29, 1.82) is 0 Å². The SMILES string of the molecule is O=C(c1cnn(-c2nn3cccc3c(=O)[nH]2)c1)N1CCC(S(=O)(=O)c2ccccc2)CC1. The fourth-order valence-corrected chi connectivity index (χ4v) is 5.69. The number of benzene rings is 1. The van der Waals surface area contributed by atoms with Crippen LogP contribution in [0.4, 0.5) is 0 Å². The van der Waals surface area contributed by atoms with E-state index >= 15 is 0 Å². The van der Waals surface area contributed by atoms with Gasteiger partial charge in [0.1, 0.15) is 5.52 Å². The molecular formula is C21H20N6O4S. The van der Waals surface area contributed by atoms with E-state index in [1.54, 1.807) is 53.6 Å². The Morgan fingerprint density at radius 2 is 1.81 bits per heavy atom. The van der Waals surface area contributed by atoms with E-state index in [9.17, 15) is 18.0 Å². The van der Waals surface area contributed by atoms with E-state index in [0.29, 0.717) is 41.9 Å². The quantitative estimate of drug-likeness (QED) is 0.498. The molecule has 4 heterocycles. The van der Waals surface area contributed by atoms with Crippen LogP contribution >= 0.6 is 0 Å². The summed E-state index contributed by atoms with van der Waals surface area (Å²) in [6.07, 6.45) is 5.31. The number of carbonyl (C=O) groups is 1. The second kappa shape index (κ2) is 7.75. The van der Waals surface area contributed by atoms with Gasteiger partial charge in [0, 0.05) is 25.5 Å². The lowest BCUT2D eigenvalue weighted by Crippen LogP contribution is -2.42. The van der Waals surface area contributed by atoms with Gasteiger partial charge >= 0.3 is 0 Å². The van der Waals surface area contributed by atoms with Gasteiger partial charge in [-0.15, -0.1) is 5.10 Å². The smallest absolute Gasteiger partial charge is 0.276 e. The molecule has 1 aliphatic heterocycles. The molecule has 3 aromatic heterocycles. The Morgan fingerprint density at radius 1 is 1.06 bits per heavy atom. The van der Waals surface area contributed by atoms with Gasteiger partial charge in [-0.05, 0) is 37.1 Å². The molecule has 0 atom stereocenters. The molecule has 1 aromatic carbocycles.